The summed E-state index contributed by atoms with van der Waals surface area (Å²) < 4.78 is 0. The Morgan fingerprint density at radius 3 is 2.36 bits per heavy atom. The molecule has 0 saturated carbocycles. The van der Waals surface area contributed by atoms with Crippen LogP contribution in [0.15, 0.2) is 11.3 Å². The van der Waals surface area contributed by atoms with Crippen LogP contribution < -0.4 is 0 Å². The highest BCUT2D eigenvalue weighted by atomic mass is 16.3. The average molecular weight is 197 g/mol. The molecule has 0 fully saturated rings. The van der Waals surface area contributed by atoms with Crippen molar-refractivity contribution in [2.75, 3.05) is 6.54 Å². The van der Waals surface area contributed by atoms with Crippen LogP contribution in [0.1, 0.15) is 40.5 Å². The van der Waals surface area contributed by atoms with Crippen molar-refractivity contribution in [3.8, 4) is 0 Å². The van der Waals surface area contributed by atoms with Gasteiger partial charge in [-0.3, -0.25) is 4.79 Å². The lowest BCUT2D eigenvalue weighted by Gasteiger charge is -2.31. The molecule has 3 heteroatoms. The van der Waals surface area contributed by atoms with E-state index in [-0.39, 0.29) is 17.2 Å². The van der Waals surface area contributed by atoms with Gasteiger partial charge in [0.25, 0.3) is 5.91 Å². The molecule has 1 N–H and O–H groups in total. The maximum atomic E-state index is 11.9. The van der Waals surface area contributed by atoms with Gasteiger partial charge in [-0.15, -0.1) is 0 Å². The number of nitrogens with zero attached hydrogens (tertiary/aromatic N) is 1. The highest BCUT2D eigenvalue weighted by Gasteiger charge is 2.35. The molecule has 1 amide bonds. The minimum absolute atomic E-state index is 0.00292. The number of aliphatic hydroxyl groups is 1. The van der Waals surface area contributed by atoms with Gasteiger partial charge in [0.15, 0.2) is 0 Å². The maximum absolute atomic E-state index is 11.9. The van der Waals surface area contributed by atoms with Gasteiger partial charge in [0.05, 0.1) is 12.1 Å². The predicted octanol–water partition coefficient (Wildman–Crippen LogP) is 2.24. The molecule has 1 aliphatic heterocycles. The topological polar surface area (TPSA) is 40.5 Å². The molecule has 0 radical (unpaired) electrons. The highest BCUT2D eigenvalue weighted by Crippen LogP contribution is 2.27. The predicted molar refractivity (Wildman–Crippen MR) is 56.0 cm³/mol. The van der Waals surface area contributed by atoms with Crippen LogP contribution in [-0.4, -0.2) is 28.0 Å². The summed E-state index contributed by atoms with van der Waals surface area (Å²) >= 11 is 0. The first kappa shape index (κ1) is 11.1. The minimum Gasteiger partial charge on any atom is -0.510 e. The number of hydrogen-bond acceptors (Lipinski definition) is 2. The first-order valence-corrected chi connectivity index (χ1v) is 5.11. The Morgan fingerprint density at radius 2 is 2.00 bits per heavy atom. The van der Waals surface area contributed by atoms with E-state index < -0.39 is 0 Å². The van der Waals surface area contributed by atoms with Gasteiger partial charge < -0.3 is 10.0 Å². The summed E-state index contributed by atoms with van der Waals surface area (Å²) in [5, 5.41) is 9.64. The van der Waals surface area contributed by atoms with E-state index in [4.69, 9.17) is 0 Å². The Morgan fingerprint density at radius 1 is 1.43 bits per heavy atom. The van der Waals surface area contributed by atoms with E-state index in [1.54, 1.807) is 4.90 Å². The molecule has 0 aliphatic carbocycles. The van der Waals surface area contributed by atoms with E-state index >= 15 is 0 Å². The first-order chi connectivity index (χ1) is 6.38. The fourth-order valence-corrected chi connectivity index (χ4v) is 1.65. The number of amides is 1. The number of carbonyl (C=O) groups excluding carboxylic acids is 1. The molecule has 14 heavy (non-hydrogen) atoms. The lowest BCUT2D eigenvalue weighted by Crippen LogP contribution is -2.43. The van der Waals surface area contributed by atoms with Gasteiger partial charge in [0.2, 0.25) is 0 Å². The summed E-state index contributed by atoms with van der Waals surface area (Å²) in [6.07, 6.45) is 1.57. The van der Waals surface area contributed by atoms with Crippen molar-refractivity contribution in [1.82, 2.24) is 4.90 Å². The molecule has 0 spiro atoms. The molecule has 0 aromatic carbocycles. The second-order valence-electron chi connectivity index (χ2n) is 4.74. The van der Waals surface area contributed by atoms with Crippen molar-refractivity contribution >= 4 is 5.91 Å². The van der Waals surface area contributed by atoms with Crippen LogP contribution in [0.25, 0.3) is 0 Å². The van der Waals surface area contributed by atoms with Gasteiger partial charge in [-0.1, -0.05) is 13.3 Å². The Hall–Kier alpha value is -0.990. The fourth-order valence-electron chi connectivity index (χ4n) is 1.65. The lowest BCUT2D eigenvalue weighted by atomic mass is 10.1. The third kappa shape index (κ3) is 1.91. The number of carbonyl (C=O) groups is 1. The van der Waals surface area contributed by atoms with Crippen molar-refractivity contribution < 1.29 is 9.90 Å². The molecule has 80 valence electrons. The summed E-state index contributed by atoms with van der Waals surface area (Å²) in [6, 6.07) is 0. The zero-order valence-electron chi connectivity index (χ0n) is 9.42. The van der Waals surface area contributed by atoms with E-state index in [2.05, 4.69) is 0 Å². The Bertz CT molecular complexity index is 274. The van der Waals surface area contributed by atoms with Crippen LogP contribution in [0, 0.1) is 0 Å². The van der Waals surface area contributed by atoms with Crippen molar-refractivity contribution in [2.45, 2.75) is 46.1 Å². The Balaban J connectivity index is 2.84. The van der Waals surface area contributed by atoms with E-state index in [0.717, 1.165) is 6.42 Å². The monoisotopic (exact) mass is 197 g/mol. The zero-order valence-corrected chi connectivity index (χ0v) is 9.42. The van der Waals surface area contributed by atoms with E-state index in [1.165, 1.54) is 0 Å². The Kier molecular flexibility index (Phi) is 2.88. The third-order valence-corrected chi connectivity index (χ3v) is 2.47. The van der Waals surface area contributed by atoms with Gasteiger partial charge in [-0.05, 0) is 27.2 Å². The first-order valence-electron chi connectivity index (χ1n) is 5.11. The third-order valence-electron chi connectivity index (χ3n) is 2.47. The minimum atomic E-state index is -0.208. The second-order valence-corrected chi connectivity index (χ2v) is 4.74. The van der Waals surface area contributed by atoms with Crippen molar-refractivity contribution in [2.24, 2.45) is 0 Å². The van der Waals surface area contributed by atoms with Crippen molar-refractivity contribution in [3.05, 3.63) is 11.3 Å². The molecule has 3 nitrogen and oxygen atoms in total. The van der Waals surface area contributed by atoms with Crippen LogP contribution in [0.3, 0.4) is 0 Å². The molecular weight excluding hydrogens is 178 g/mol. The molecule has 0 atom stereocenters. The number of rotatable bonds is 2. The molecule has 1 rings (SSSR count). The number of hydrogen-bond donors (Lipinski definition) is 1. The van der Waals surface area contributed by atoms with Gasteiger partial charge in [0, 0.05) is 5.54 Å². The standard InChI is InChI=1S/C11H19NO2/c1-5-6-8-9(13)7-12(10(8)14)11(2,3)4/h13H,5-7H2,1-4H3. The fraction of sp³-hybridized carbons (Fsp3) is 0.727. The van der Waals surface area contributed by atoms with Crippen LogP contribution in [0.5, 0.6) is 0 Å². The van der Waals surface area contributed by atoms with Crippen LogP contribution >= 0.6 is 0 Å². The van der Waals surface area contributed by atoms with Crippen LogP contribution in [-0.2, 0) is 4.79 Å². The highest BCUT2D eigenvalue weighted by molar-refractivity contribution is 5.96. The summed E-state index contributed by atoms with van der Waals surface area (Å²) in [5.41, 5.74) is 0.392. The molecule has 0 unspecified atom stereocenters. The normalized spacial score (nSPS) is 18.3. The van der Waals surface area contributed by atoms with Gasteiger partial charge >= 0.3 is 0 Å². The maximum Gasteiger partial charge on any atom is 0.254 e. The Labute approximate surface area is 85.4 Å². The molecule has 1 heterocycles. The summed E-state index contributed by atoms with van der Waals surface area (Å²) in [6.45, 7) is 8.32. The second kappa shape index (κ2) is 3.64. The number of aliphatic hydroxyl groups excluding tert-OH is 1. The largest absolute Gasteiger partial charge is 0.510 e. The van der Waals surface area contributed by atoms with E-state index in [1.807, 2.05) is 27.7 Å². The van der Waals surface area contributed by atoms with Crippen molar-refractivity contribution in [3.63, 3.8) is 0 Å². The average Bonchev–Trinajstić information content (AvgIpc) is 2.31. The SMILES string of the molecule is CCCC1=C(O)CN(C(C)(C)C)C1=O. The van der Waals surface area contributed by atoms with Crippen molar-refractivity contribution in [1.29, 1.82) is 0 Å². The molecular formula is C11H19NO2. The van der Waals surface area contributed by atoms with Crippen LogP contribution in [0.4, 0.5) is 0 Å². The molecule has 0 saturated heterocycles. The van der Waals surface area contributed by atoms with E-state index in [0.29, 0.717) is 18.5 Å². The summed E-state index contributed by atoms with van der Waals surface area (Å²) in [7, 11) is 0. The van der Waals surface area contributed by atoms with Crippen LogP contribution in [0.2, 0.25) is 0 Å². The quantitative estimate of drug-likeness (QED) is 0.737. The van der Waals surface area contributed by atoms with E-state index in [9.17, 15) is 9.90 Å². The molecule has 0 aromatic heterocycles. The molecule has 0 bridgehead atoms. The molecule has 0 aromatic rings. The summed E-state index contributed by atoms with van der Waals surface area (Å²) in [5.74, 6) is 0.253. The lowest BCUT2D eigenvalue weighted by molar-refractivity contribution is -0.129. The molecule has 1 aliphatic rings. The van der Waals surface area contributed by atoms with Gasteiger partial charge in [-0.2, -0.15) is 0 Å². The van der Waals surface area contributed by atoms with Gasteiger partial charge in [-0.25, -0.2) is 0 Å². The zero-order chi connectivity index (χ0) is 10.9. The smallest absolute Gasteiger partial charge is 0.254 e. The summed E-state index contributed by atoms with van der Waals surface area (Å²) in [4.78, 5) is 13.6. The van der Waals surface area contributed by atoms with Gasteiger partial charge in [0.1, 0.15) is 5.76 Å².